The Bertz CT molecular complexity index is 750. The maximum Gasteiger partial charge on any atom is 0.318 e. The van der Waals surface area contributed by atoms with Gasteiger partial charge in [-0.2, -0.15) is 0 Å². The van der Waals surface area contributed by atoms with Crippen LogP contribution in [0.1, 0.15) is 33.3 Å². The molecule has 1 atom stereocenters. The molecule has 0 radical (unpaired) electrons. The lowest BCUT2D eigenvalue weighted by Gasteiger charge is -2.20. The van der Waals surface area contributed by atoms with Gasteiger partial charge in [0.25, 0.3) is 5.24 Å². The van der Waals surface area contributed by atoms with E-state index in [2.05, 4.69) is 0 Å². The van der Waals surface area contributed by atoms with Crippen LogP contribution < -0.4 is 9.47 Å². The van der Waals surface area contributed by atoms with Gasteiger partial charge in [0.2, 0.25) is 5.91 Å². The SMILES string of the molecule is COc1ccc(CC2SC(=O)N(C(C)C)C2=O)cc1OC(=O)C(C)(C)CCl. The number of thioether (sulfide) groups is 1. The lowest BCUT2D eigenvalue weighted by atomic mass is 9.97. The molecule has 1 aliphatic rings. The molecule has 1 heterocycles. The zero-order chi connectivity index (χ0) is 20.4. The van der Waals surface area contributed by atoms with Crippen molar-refractivity contribution in [3.8, 4) is 11.5 Å². The molecule has 0 spiro atoms. The number of halogens is 1. The Kier molecular flexibility index (Phi) is 6.81. The van der Waals surface area contributed by atoms with Crippen molar-refractivity contribution in [1.29, 1.82) is 0 Å². The summed E-state index contributed by atoms with van der Waals surface area (Å²) in [4.78, 5) is 38.1. The van der Waals surface area contributed by atoms with Crippen LogP contribution >= 0.6 is 23.4 Å². The molecule has 2 rings (SSSR count). The fourth-order valence-corrected chi connectivity index (χ4v) is 3.76. The molecule has 2 amide bonds. The smallest absolute Gasteiger partial charge is 0.318 e. The molecule has 1 unspecified atom stereocenters. The monoisotopic (exact) mass is 413 g/mol. The molecule has 1 fully saturated rings. The highest BCUT2D eigenvalue weighted by atomic mass is 35.5. The van der Waals surface area contributed by atoms with Gasteiger partial charge in [-0.15, -0.1) is 11.6 Å². The van der Waals surface area contributed by atoms with Gasteiger partial charge < -0.3 is 9.47 Å². The number of imide groups is 1. The first-order valence-corrected chi connectivity index (χ1v) is 10.0. The number of methoxy groups -OCH3 is 1. The first-order valence-electron chi connectivity index (χ1n) is 8.59. The van der Waals surface area contributed by atoms with Crippen LogP contribution in [0.3, 0.4) is 0 Å². The molecular formula is C19H24ClNO5S. The van der Waals surface area contributed by atoms with E-state index >= 15 is 0 Å². The van der Waals surface area contributed by atoms with Crippen molar-refractivity contribution in [2.24, 2.45) is 5.41 Å². The highest BCUT2D eigenvalue weighted by Crippen LogP contribution is 2.35. The summed E-state index contributed by atoms with van der Waals surface area (Å²) in [5.41, 5.74) is -0.0733. The Balaban J connectivity index is 2.21. The number of hydrogen-bond donors (Lipinski definition) is 0. The molecule has 1 aromatic carbocycles. The Labute approximate surface area is 168 Å². The average molecular weight is 414 g/mol. The summed E-state index contributed by atoms with van der Waals surface area (Å²) >= 11 is 6.86. The van der Waals surface area contributed by atoms with E-state index < -0.39 is 16.6 Å². The van der Waals surface area contributed by atoms with Gasteiger partial charge in [-0.25, -0.2) is 0 Å². The van der Waals surface area contributed by atoms with E-state index in [0.717, 1.165) is 17.3 Å². The second-order valence-electron chi connectivity index (χ2n) is 7.27. The van der Waals surface area contributed by atoms with Crippen molar-refractivity contribution in [2.75, 3.05) is 13.0 Å². The van der Waals surface area contributed by atoms with E-state index in [9.17, 15) is 14.4 Å². The number of hydrogen-bond acceptors (Lipinski definition) is 6. The Hall–Kier alpha value is -1.73. The van der Waals surface area contributed by atoms with Crippen LogP contribution in [0, 0.1) is 5.41 Å². The second-order valence-corrected chi connectivity index (χ2v) is 8.69. The molecule has 1 saturated heterocycles. The van der Waals surface area contributed by atoms with Crippen molar-refractivity contribution in [3.05, 3.63) is 23.8 Å². The summed E-state index contributed by atoms with van der Waals surface area (Å²) < 4.78 is 10.7. The average Bonchev–Trinajstić information content (AvgIpc) is 2.88. The molecule has 1 aromatic rings. The molecule has 6 nitrogen and oxygen atoms in total. The van der Waals surface area contributed by atoms with Crippen molar-refractivity contribution in [2.45, 2.75) is 45.4 Å². The lowest BCUT2D eigenvalue weighted by Crippen LogP contribution is -2.37. The summed E-state index contributed by atoms with van der Waals surface area (Å²) in [6.07, 6.45) is 0.353. The van der Waals surface area contributed by atoms with E-state index in [1.54, 1.807) is 32.0 Å². The van der Waals surface area contributed by atoms with Crippen LogP contribution in [0.2, 0.25) is 0 Å². The van der Waals surface area contributed by atoms with Gasteiger partial charge in [-0.05, 0) is 51.8 Å². The molecule has 1 aliphatic heterocycles. The Morgan fingerprint density at radius 2 is 1.96 bits per heavy atom. The van der Waals surface area contributed by atoms with Crippen LogP contribution in [0.25, 0.3) is 0 Å². The zero-order valence-corrected chi connectivity index (χ0v) is 17.6. The minimum atomic E-state index is -0.843. The first kappa shape index (κ1) is 21.6. The summed E-state index contributed by atoms with van der Waals surface area (Å²) in [5, 5.41) is -0.722. The lowest BCUT2D eigenvalue weighted by molar-refractivity contribution is -0.142. The van der Waals surface area contributed by atoms with Crippen molar-refractivity contribution in [3.63, 3.8) is 0 Å². The fraction of sp³-hybridized carbons (Fsp3) is 0.526. The first-order chi connectivity index (χ1) is 12.6. The van der Waals surface area contributed by atoms with Crippen molar-refractivity contribution in [1.82, 2.24) is 4.90 Å². The van der Waals surface area contributed by atoms with Gasteiger partial charge in [-0.3, -0.25) is 19.3 Å². The molecule has 27 heavy (non-hydrogen) atoms. The van der Waals surface area contributed by atoms with Crippen LogP contribution in [-0.2, 0) is 16.0 Å². The van der Waals surface area contributed by atoms with E-state index in [1.165, 1.54) is 12.0 Å². The highest BCUT2D eigenvalue weighted by Gasteiger charge is 2.40. The summed E-state index contributed by atoms with van der Waals surface area (Å²) in [7, 11) is 1.48. The van der Waals surface area contributed by atoms with E-state index in [-0.39, 0.29) is 28.8 Å². The molecule has 8 heteroatoms. The third-order valence-corrected chi connectivity index (χ3v) is 5.93. The largest absolute Gasteiger partial charge is 0.493 e. The summed E-state index contributed by atoms with van der Waals surface area (Å²) in [6, 6.07) is 4.96. The van der Waals surface area contributed by atoms with Gasteiger partial charge in [0.15, 0.2) is 11.5 Å². The molecule has 0 saturated carbocycles. The number of amides is 2. The fourth-order valence-electron chi connectivity index (χ4n) is 2.50. The number of ether oxygens (including phenoxy) is 2. The number of esters is 1. The molecule has 0 aliphatic carbocycles. The van der Waals surface area contributed by atoms with Gasteiger partial charge in [0, 0.05) is 11.9 Å². The maximum atomic E-state index is 12.5. The number of alkyl halides is 1. The van der Waals surface area contributed by atoms with Gasteiger partial charge in [0.05, 0.1) is 17.8 Å². The van der Waals surface area contributed by atoms with E-state index in [1.807, 2.05) is 13.8 Å². The van der Waals surface area contributed by atoms with Crippen LogP contribution in [0.15, 0.2) is 18.2 Å². The highest BCUT2D eigenvalue weighted by molar-refractivity contribution is 8.15. The number of nitrogens with zero attached hydrogens (tertiary/aromatic N) is 1. The number of carbonyl (C=O) groups excluding carboxylic acids is 3. The molecular weight excluding hydrogens is 390 g/mol. The Morgan fingerprint density at radius 3 is 2.48 bits per heavy atom. The normalized spacial score (nSPS) is 17.6. The van der Waals surface area contributed by atoms with Crippen LogP contribution in [0.4, 0.5) is 4.79 Å². The predicted molar refractivity (Wildman–Crippen MR) is 106 cm³/mol. The standard InChI is InChI=1S/C19H24ClNO5S/c1-11(2)21-16(22)15(27-18(21)24)9-12-6-7-13(25-5)14(8-12)26-17(23)19(3,4)10-20/h6-8,11,15H,9-10H2,1-5H3. The van der Waals surface area contributed by atoms with Gasteiger partial charge in [-0.1, -0.05) is 17.8 Å². The van der Waals surface area contributed by atoms with E-state index in [0.29, 0.717) is 12.2 Å². The number of benzene rings is 1. The molecule has 0 bridgehead atoms. The third kappa shape index (κ3) is 4.76. The van der Waals surface area contributed by atoms with Crippen LogP contribution in [-0.4, -0.2) is 46.3 Å². The van der Waals surface area contributed by atoms with Crippen molar-refractivity contribution >= 4 is 40.5 Å². The summed E-state index contributed by atoms with van der Waals surface area (Å²) in [5.74, 6) is 0.121. The van der Waals surface area contributed by atoms with Crippen LogP contribution in [0.5, 0.6) is 11.5 Å². The second kappa shape index (κ2) is 8.52. The minimum absolute atomic E-state index is 0.119. The third-order valence-electron chi connectivity index (χ3n) is 4.21. The maximum absolute atomic E-state index is 12.5. The van der Waals surface area contributed by atoms with Crippen molar-refractivity contribution < 1.29 is 23.9 Å². The molecule has 148 valence electrons. The quantitative estimate of drug-likeness (QED) is 0.383. The topological polar surface area (TPSA) is 72.9 Å². The molecule has 0 aromatic heterocycles. The predicted octanol–water partition coefficient (Wildman–Crippen LogP) is 3.88. The number of rotatable bonds is 7. The van der Waals surface area contributed by atoms with Gasteiger partial charge in [0.1, 0.15) is 0 Å². The summed E-state index contributed by atoms with van der Waals surface area (Å²) in [6.45, 7) is 7.00. The number of carbonyl (C=O) groups is 3. The van der Waals surface area contributed by atoms with E-state index in [4.69, 9.17) is 21.1 Å². The van der Waals surface area contributed by atoms with Gasteiger partial charge >= 0.3 is 5.97 Å². The minimum Gasteiger partial charge on any atom is -0.493 e. The zero-order valence-electron chi connectivity index (χ0n) is 16.1. The molecule has 0 N–H and O–H groups in total. The Morgan fingerprint density at radius 1 is 1.30 bits per heavy atom.